The number of nitrogens with one attached hydrogen (secondary N) is 2. The average Bonchev–Trinajstić information content (AvgIpc) is 2.73. The van der Waals surface area contributed by atoms with Crippen LogP contribution >= 0.6 is 11.6 Å². The molecule has 29 heavy (non-hydrogen) atoms. The quantitative estimate of drug-likeness (QED) is 0.550. The van der Waals surface area contributed by atoms with Crippen molar-refractivity contribution in [2.24, 2.45) is 0 Å². The minimum absolute atomic E-state index is 0.0814. The fraction of sp³-hybridized carbons (Fsp3) is 0.200. The van der Waals surface area contributed by atoms with Crippen molar-refractivity contribution in [3.8, 4) is 17.1 Å². The molecule has 1 heterocycles. The third kappa shape index (κ3) is 5.86. The number of carbonyl (C=O) groups is 1. The van der Waals surface area contributed by atoms with E-state index in [2.05, 4.69) is 20.5 Å². The Labute approximate surface area is 170 Å². The van der Waals surface area contributed by atoms with Gasteiger partial charge in [0.1, 0.15) is 23.9 Å². The van der Waals surface area contributed by atoms with E-state index in [0.29, 0.717) is 18.7 Å². The van der Waals surface area contributed by atoms with Crippen molar-refractivity contribution in [1.29, 1.82) is 0 Å². The molecule has 3 aromatic rings. The number of rotatable bonds is 8. The molecule has 9 heteroatoms. The number of carbonyl (C=O) groups excluding carboxylic acids is 1. The molecule has 0 saturated heterocycles. The van der Waals surface area contributed by atoms with Crippen molar-refractivity contribution >= 4 is 17.5 Å². The third-order valence-corrected chi connectivity index (χ3v) is 4.27. The zero-order valence-electron chi connectivity index (χ0n) is 15.3. The molecule has 0 unspecified atom stereocenters. The Morgan fingerprint density at radius 2 is 1.97 bits per heavy atom. The summed E-state index contributed by atoms with van der Waals surface area (Å²) in [6, 6.07) is 13.2. The first-order chi connectivity index (χ1) is 14.0. The van der Waals surface area contributed by atoms with Crippen LogP contribution in [-0.2, 0) is 11.2 Å². The van der Waals surface area contributed by atoms with Crippen LogP contribution in [0.2, 0.25) is 5.02 Å². The van der Waals surface area contributed by atoms with E-state index < -0.39 is 11.4 Å². The van der Waals surface area contributed by atoms with Crippen molar-refractivity contribution in [3.05, 3.63) is 75.4 Å². The second kappa shape index (κ2) is 9.79. The molecule has 0 aliphatic rings. The van der Waals surface area contributed by atoms with Gasteiger partial charge in [-0.2, -0.15) is 0 Å². The summed E-state index contributed by atoms with van der Waals surface area (Å²) in [4.78, 5) is 26.7. The molecule has 0 saturated carbocycles. The van der Waals surface area contributed by atoms with Crippen LogP contribution < -0.4 is 15.6 Å². The van der Waals surface area contributed by atoms with Crippen LogP contribution in [0.4, 0.5) is 4.39 Å². The molecule has 0 aliphatic carbocycles. The molecule has 0 aliphatic heterocycles. The largest absolute Gasteiger partial charge is 0.492 e. The van der Waals surface area contributed by atoms with Gasteiger partial charge in [0.15, 0.2) is 5.82 Å². The van der Waals surface area contributed by atoms with Crippen molar-refractivity contribution in [2.75, 3.05) is 13.2 Å². The summed E-state index contributed by atoms with van der Waals surface area (Å²) in [7, 11) is 0. The molecule has 0 radical (unpaired) electrons. The Hall–Kier alpha value is -3.26. The van der Waals surface area contributed by atoms with E-state index in [9.17, 15) is 14.0 Å². The average molecular weight is 417 g/mol. The lowest BCUT2D eigenvalue weighted by Crippen LogP contribution is -2.29. The molecule has 1 aromatic heterocycles. The predicted octanol–water partition coefficient (Wildman–Crippen LogP) is 2.75. The normalized spacial score (nSPS) is 10.6. The van der Waals surface area contributed by atoms with Gasteiger partial charge in [-0.3, -0.25) is 9.59 Å². The van der Waals surface area contributed by atoms with E-state index in [0.717, 1.165) is 5.75 Å². The zero-order valence-corrected chi connectivity index (χ0v) is 16.1. The number of nitrogens with zero attached hydrogens (tertiary/aromatic N) is 2. The maximum absolute atomic E-state index is 13.2. The Morgan fingerprint density at radius 1 is 1.17 bits per heavy atom. The topological polar surface area (TPSA) is 97.0 Å². The second-order valence-electron chi connectivity index (χ2n) is 6.09. The highest BCUT2D eigenvalue weighted by atomic mass is 35.5. The first-order valence-electron chi connectivity index (χ1n) is 8.89. The van der Waals surface area contributed by atoms with Crippen molar-refractivity contribution in [2.45, 2.75) is 12.8 Å². The SMILES string of the molecule is O=C(CCc1nnc(-c2ccc(F)c(Cl)c2)[nH]c1=O)NCCOc1ccccc1. The molecule has 0 fully saturated rings. The number of benzene rings is 2. The highest BCUT2D eigenvalue weighted by molar-refractivity contribution is 6.31. The Kier molecular flexibility index (Phi) is 6.91. The van der Waals surface area contributed by atoms with E-state index in [-0.39, 0.29) is 35.3 Å². The molecular formula is C20H18ClFN4O3. The fourth-order valence-electron chi connectivity index (χ4n) is 2.49. The number of hydrogen-bond donors (Lipinski definition) is 2. The van der Waals surface area contributed by atoms with Crippen LogP contribution in [-0.4, -0.2) is 34.2 Å². The summed E-state index contributed by atoms with van der Waals surface area (Å²) in [6.07, 6.45) is 0.225. The standard InChI is InChI=1S/C20H18ClFN4O3/c21-15-12-13(6-7-16(15)22)19-24-20(28)17(25-26-19)8-9-18(27)23-10-11-29-14-4-2-1-3-5-14/h1-7,12H,8-11H2,(H,23,27)(H,24,26,28). The molecule has 2 aromatic carbocycles. The van der Waals surface area contributed by atoms with E-state index in [1.807, 2.05) is 30.3 Å². The van der Waals surface area contributed by atoms with Gasteiger partial charge in [-0.05, 0) is 30.3 Å². The van der Waals surface area contributed by atoms with Gasteiger partial charge in [-0.15, -0.1) is 10.2 Å². The maximum atomic E-state index is 13.2. The van der Waals surface area contributed by atoms with Gasteiger partial charge in [0.25, 0.3) is 5.56 Å². The number of hydrogen-bond acceptors (Lipinski definition) is 5. The number of H-pyrrole nitrogens is 1. The minimum Gasteiger partial charge on any atom is -0.492 e. The minimum atomic E-state index is -0.567. The fourth-order valence-corrected chi connectivity index (χ4v) is 2.67. The summed E-state index contributed by atoms with van der Waals surface area (Å²) in [5.41, 5.74) is 0.108. The number of para-hydroxylation sites is 1. The molecule has 0 spiro atoms. The highest BCUT2D eigenvalue weighted by Gasteiger charge is 2.10. The van der Waals surface area contributed by atoms with Crippen LogP contribution in [0.25, 0.3) is 11.4 Å². The van der Waals surface area contributed by atoms with E-state index in [1.165, 1.54) is 18.2 Å². The van der Waals surface area contributed by atoms with Crippen LogP contribution in [0.5, 0.6) is 5.75 Å². The lowest BCUT2D eigenvalue weighted by Gasteiger charge is -2.07. The Morgan fingerprint density at radius 3 is 2.69 bits per heavy atom. The lowest BCUT2D eigenvalue weighted by atomic mass is 10.2. The van der Waals surface area contributed by atoms with Gasteiger partial charge in [0.2, 0.25) is 5.91 Å². The highest BCUT2D eigenvalue weighted by Crippen LogP contribution is 2.21. The number of aryl methyl sites for hydroxylation is 1. The molecule has 2 N–H and O–H groups in total. The van der Waals surface area contributed by atoms with Gasteiger partial charge in [-0.25, -0.2) is 4.39 Å². The molecule has 0 atom stereocenters. The number of amides is 1. The molecule has 0 bridgehead atoms. The Balaban J connectivity index is 1.48. The molecule has 7 nitrogen and oxygen atoms in total. The van der Waals surface area contributed by atoms with Crippen LogP contribution in [0, 0.1) is 5.82 Å². The van der Waals surface area contributed by atoms with E-state index >= 15 is 0 Å². The van der Waals surface area contributed by atoms with Crippen molar-refractivity contribution in [1.82, 2.24) is 20.5 Å². The van der Waals surface area contributed by atoms with Gasteiger partial charge >= 0.3 is 0 Å². The molecule has 3 rings (SSSR count). The van der Waals surface area contributed by atoms with Gasteiger partial charge in [-0.1, -0.05) is 29.8 Å². The van der Waals surface area contributed by atoms with Crippen LogP contribution in [0.1, 0.15) is 12.1 Å². The summed E-state index contributed by atoms with van der Waals surface area (Å²) in [5, 5.41) is 10.4. The third-order valence-electron chi connectivity index (χ3n) is 3.98. The summed E-state index contributed by atoms with van der Waals surface area (Å²) >= 11 is 5.74. The number of aromatic nitrogens is 3. The monoisotopic (exact) mass is 416 g/mol. The van der Waals surface area contributed by atoms with Gasteiger partial charge in [0, 0.05) is 18.4 Å². The summed E-state index contributed by atoms with van der Waals surface area (Å²) in [6.45, 7) is 0.686. The second-order valence-corrected chi connectivity index (χ2v) is 6.50. The smallest absolute Gasteiger partial charge is 0.273 e. The molecule has 150 valence electrons. The molecular weight excluding hydrogens is 399 g/mol. The van der Waals surface area contributed by atoms with Crippen molar-refractivity contribution < 1.29 is 13.9 Å². The maximum Gasteiger partial charge on any atom is 0.273 e. The first kappa shape index (κ1) is 20.5. The lowest BCUT2D eigenvalue weighted by molar-refractivity contribution is -0.121. The number of aromatic amines is 1. The predicted molar refractivity (Wildman–Crippen MR) is 106 cm³/mol. The number of ether oxygens (including phenoxy) is 1. The zero-order chi connectivity index (χ0) is 20.6. The van der Waals surface area contributed by atoms with Crippen LogP contribution in [0.15, 0.2) is 53.3 Å². The van der Waals surface area contributed by atoms with Gasteiger partial charge in [0.05, 0.1) is 11.6 Å². The molecule has 1 amide bonds. The van der Waals surface area contributed by atoms with E-state index in [1.54, 1.807) is 0 Å². The van der Waals surface area contributed by atoms with E-state index in [4.69, 9.17) is 16.3 Å². The summed E-state index contributed by atoms with van der Waals surface area (Å²) < 4.78 is 18.7. The number of halogens is 2. The van der Waals surface area contributed by atoms with Crippen molar-refractivity contribution in [3.63, 3.8) is 0 Å². The first-order valence-corrected chi connectivity index (χ1v) is 9.26. The summed E-state index contributed by atoms with van der Waals surface area (Å²) in [5.74, 6) is 0.106. The van der Waals surface area contributed by atoms with Crippen LogP contribution in [0.3, 0.4) is 0 Å². The van der Waals surface area contributed by atoms with Gasteiger partial charge < -0.3 is 15.0 Å². The Bertz CT molecular complexity index is 1040.